The summed E-state index contributed by atoms with van der Waals surface area (Å²) in [6, 6.07) is 14.3. The lowest BCUT2D eigenvalue weighted by molar-refractivity contribution is -0.123. The van der Waals surface area contributed by atoms with Gasteiger partial charge in [-0.05, 0) is 60.9 Å². The summed E-state index contributed by atoms with van der Waals surface area (Å²) in [7, 11) is -3.34. The molecule has 164 valence electrons. The Morgan fingerprint density at radius 2 is 1.84 bits per heavy atom. The topological polar surface area (TPSA) is 88.4 Å². The molecule has 3 rings (SSSR count). The molecule has 0 spiro atoms. The lowest BCUT2D eigenvalue weighted by atomic mass is 10.1. The second-order valence-corrected chi connectivity index (χ2v) is 9.44. The van der Waals surface area contributed by atoms with Gasteiger partial charge in [-0.25, -0.2) is 12.8 Å². The maximum Gasteiger partial charge on any atom is 0.226 e. The third kappa shape index (κ3) is 5.21. The van der Waals surface area contributed by atoms with Crippen LogP contribution in [-0.2, 0) is 21.1 Å². The van der Waals surface area contributed by atoms with E-state index in [2.05, 4.69) is 5.32 Å². The molecule has 1 atom stereocenters. The summed E-state index contributed by atoms with van der Waals surface area (Å²) in [5, 5.41) is 12.2. The van der Waals surface area contributed by atoms with Crippen LogP contribution in [0.5, 0.6) is 0 Å². The predicted octanol–water partition coefficient (Wildman–Crippen LogP) is 3.38. The number of sulfone groups is 1. The van der Waals surface area contributed by atoms with Crippen LogP contribution in [0.2, 0.25) is 0 Å². The number of nitrogens with zero attached hydrogens (tertiary/aromatic N) is 1. The van der Waals surface area contributed by atoms with Crippen LogP contribution in [-0.4, -0.2) is 36.5 Å². The molecular weight excluding hydrogens is 419 g/mol. The quantitative estimate of drug-likeness (QED) is 0.547. The number of carbonyl (C=O) groups is 1. The average molecular weight is 445 g/mol. The van der Waals surface area contributed by atoms with Gasteiger partial charge >= 0.3 is 0 Å². The van der Waals surface area contributed by atoms with Crippen molar-refractivity contribution in [2.24, 2.45) is 0 Å². The van der Waals surface area contributed by atoms with Crippen LogP contribution in [0.4, 0.5) is 4.39 Å². The Morgan fingerprint density at radius 3 is 2.42 bits per heavy atom. The molecular formula is C23H25FN2O4S. The smallest absolute Gasteiger partial charge is 0.226 e. The van der Waals surface area contributed by atoms with Gasteiger partial charge in [0, 0.05) is 17.6 Å². The standard InChI is InChI=1S/C23H25FN2O4S/c1-4-22(27)25-23(28)13-17-12-21(16-8-10-20(11-9-16)31(3,29)30)26(15(17)2)19-7-5-6-18(24)14-19/h5-12,14,22,27H,4,13H2,1-3H3,(H,25,28). The molecule has 0 saturated heterocycles. The summed E-state index contributed by atoms with van der Waals surface area (Å²) in [5.41, 5.74) is 3.46. The molecule has 1 unspecified atom stereocenters. The molecule has 3 aromatic rings. The monoisotopic (exact) mass is 444 g/mol. The molecule has 1 amide bonds. The molecule has 31 heavy (non-hydrogen) atoms. The van der Waals surface area contributed by atoms with Crippen molar-refractivity contribution in [3.8, 4) is 16.9 Å². The molecule has 0 saturated carbocycles. The van der Waals surface area contributed by atoms with Crippen molar-refractivity contribution >= 4 is 15.7 Å². The first-order chi connectivity index (χ1) is 14.6. The van der Waals surface area contributed by atoms with Gasteiger partial charge in [0.1, 0.15) is 12.0 Å². The van der Waals surface area contributed by atoms with Crippen LogP contribution in [0, 0.1) is 12.7 Å². The van der Waals surface area contributed by atoms with Crippen molar-refractivity contribution in [1.29, 1.82) is 0 Å². The van der Waals surface area contributed by atoms with E-state index in [-0.39, 0.29) is 17.2 Å². The maximum atomic E-state index is 13.9. The van der Waals surface area contributed by atoms with Crippen LogP contribution in [0.15, 0.2) is 59.5 Å². The molecule has 0 fully saturated rings. The number of nitrogens with one attached hydrogen (secondary N) is 1. The van der Waals surface area contributed by atoms with Crippen molar-refractivity contribution in [3.63, 3.8) is 0 Å². The molecule has 0 bridgehead atoms. The molecule has 8 heteroatoms. The van der Waals surface area contributed by atoms with E-state index in [1.165, 1.54) is 24.3 Å². The van der Waals surface area contributed by atoms with Gasteiger partial charge < -0.3 is 15.0 Å². The lowest BCUT2D eigenvalue weighted by Gasteiger charge is -2.13. The third-order valence-corrected chi connectivity index (χ3v) is 6.19. The summed E-state index contributed by atoms with van der Waals surface area (Å²) in [5.74, 6) is -0.720. The minimum Gasteiger partial charge on any atom is -0.374 e. The molecule has 0 aliphatic carbocycles. The minimum absolute atomic E-state index is 0.0413. The summed E-state index contributed by atoms with van der Waals surface area (Å²) in [6.45, 7) is 3.59. The number of aliphatic hydroxyl groups excluding tert-OH is 1. The molecule has 1 heterocycles. The highest BCUT2D eigenvalue weighted by molar-refractivity contribution is 7.90. The number of benzene rings is 2. The van der Waals surface area contributed by atoms with E-state index in [0.717, 1.165) is 17.5 Å². The fourth-order valence-corrected chi connectivity index (χ4v) is 4.01. The van der Waals surface area contributed by atoms with Gasteiger partial charge in [-0.2, -0.15) is 0 Å². The number of hydrogen-bond donors (Lipinski definition) is 2. The highest BCUT2D eigenvalue weighted by atomic mass is 32.2. The summed E-state index contributed by atoms with van der Waals surface area (Å²) < 4.78 is 39.3. The molecule has 6 nitrogen and oxygen atoms in total. The van der Waals surface area contributed by atoms with Gasteiger partial charge in [0.25, 0.3) is 0 Å². The highest BCUT2D eigenvalue weighted by Gasteiger charge is 2.19. The fraction of sp³-hybridized carbons (Fsp3) is 0.261. The van der Waals surface area contributed by atoms with Crippen molar-refractivity contribution < 1.29 is 22.7 Å². The molecule has 0 aliphatic heterocycles. The van der Waals surface area contributed by atoms with E-state index in [1.807, 2.05) is 17.6 Å². The van der Waals surface area contributed by atoms with Crippen molar-refractivity contribution in [3.05, 3.63) is 71.7 Å². The van der Waals surface area contributed by atoms with Gasteiger partial charge in [0.05, 0.1) is 17.0 Å². The first-order valence-electron chi connectivity index (χ1n) is 9.85. The van der Waals surface area contributed by atoms with Crippen molar-refractivity contribution in [2.75, 3.05) is 6.26 Å². The van der Waals surface area contributed by atoms with E-state index in [9.17, 15) is 22.7 Å². The second-order valence-electron chi connectivity index (χ2n) is 7.42. The number of aromatic nitrogens is 1. The van der Waals surface area contributed by atoms with Gasteiger partial charge in [0.15, 0.2) is 9.84 Å². The number of hydrogen-bond acceptors (Lipinski definition) is 4. The number of aliphatic hydroxyl groups is 1. The zero-order valence-electron chi connectivity index (χ0n) is 17.6. The average Bonchev–Trinajstić information content (AvgIpc) is 3.03. The maximum absolute atomic E-state index is 13.9. The Hall–Kier alpha value is -2.97. The lowest BCUT2D eigenvalue weighted by Crippen LogP contribution is -2.35. The van der Waals surface area contributed by atoms with Gasteiger partial charge in [-0.15, -0.1) is 0 Å². The Labute approximate surface area is 181 Å². The number of amides is 1. The zero-order chi connectivity index (χ0) is 22.8. The van der Waals surface area contributed by atoms with E-state index in [0.29, 0.717) is 23.4 Å². The van der Waals surface area contributed by atoms with Crippen LogP contribution < -0.4 is 5.32 Å². The van der Waals surface area contributed by atoms with E-state index < -0.39 is 21.9 Å². The van der Waals surface area contributed by atoms with E-state index in [1.54, 1.807) is 31.2 Å². The number of rotatable bonds is 7. The Bertz CT molecular complexity index is 1200. The van der Waals surface area contributed by atoms with E-state index in [4.69, 9.17) is 0 Å². The second kappa shape index (κ2) is 9.03. The number of carbonyl (C=O) groups excluding carboxylic acids is 1. The number of halogens is 1. The van der Waals surface area contributed by atoms with Crippen molar-refractivity contribution in [2.45, 2.75) is 37.8 Å². The minimum atomic E-state index is -3.34. The SMILES string of the molecule is CCC(O)NC(=O)Cc1cc(-c2ccc(S(C)(=O)=O)cc2)n(-c2cccc(F)c2)c1C. The Morgan fingerprint density at radius 1 is 1.16 bits per heavy atom. The largest absolute Gasteiger partial charge is 0.374 e. The third-order valence-electron chi connectivity index (χ3n) is 5.06. The molecule has 1 aromatic heterocycles. The highest BCUT2D eigenvalue weighted by Crippen LogP contribution is 2.31. The zero-order valence-corrected chi connectivity index (χ0v) is 18.4. The first kappa shape index (κ1) is 22.7. The van der Waals surface area contributed by atoms with Crippen LogP contribution in [0.1, 0.15) is 24.6 Å². The van der Waals surface area contributed by atoms with Crippen molar-refractivity contribution in [1.82, 2.24) is 9.88 Å². The van der Waals surface area contributed by atoms with Gasteiger partial charge in [-0.3, -0.25) is 4.79 Å². The fourth-order valence-electron chi connectivity index (χ4n) is 3.38. The first-order valence-corrected chi connectivity index (χ1v) is 11.7. The molecule has 0 radical (unpaired) electrons. The van der Waals surface area contributed by atoms with Gasteiger partial charge in [0.2, 0.25) is 5.91 Å². The van der Waals surface area contributed by atoms with E-state index >= 15 is 0 Å². The van der Waals surface area contributed by atoms with Crippen LogP contribution >= 0.6 is 0 Å². The van der Waals surface area contributed by atoms with Crippen LogP contribution in [0.25, 0.3) is 16.9 Å². The molecule has 2 N–H and O–H groups in total. The molecule has 0 aliphatic rings. The normalized spacial score (nSPS) is 12.5. The summed E-state index contributed by atoms with van der Waals surface area (Å²) in [4.78, 5) is 12.5. The molecule has 2 aromatic carbocycles. The van der Waals surface area contributed by atoms with Gasteiger partial charge in [-0.1, -0.05) is 25.1 Å². The predicted molar refractivity (Wildman–Crippen MR) is 117 cm³/mol. The van der Waals surface area contributed by atoms with Crippen LogP contribution in [0.3, 0.4) is 0 Å². The Balaban J connectivity index is 2.09. The summed E-state index contributed by atoms with van der Waals surface area (Å²) in [6.07, 6.45) is 0.663. The Kier molecular flexibility index (Phi) is 6.62. The summed E-state index contributed by atoms with van der Waals surface area (Å²) >= 11 is 0.